The van der Waals surface area contributed by atoms with Crippen LogP contribution in [-0.4, -0.2) is 27.0 Å². The SMILES string of the molecule is Cl.O=C(c1ccco1)N(CCCn1ccnc1)c1nc2ccc(Cl)cc2s1. The second-order valence-corrected chi connectivity index (χ2v) is 7.14. The van der Waals surface area contributed by atoms with Crippen molar-refractivity contribution >= 4 is 56.6 Å². The summed E-state index contributed by atoms with van der Waals surface area (Å²) in [5.41, 5.74) is 0.821. The van der Waals surface area contributed by atoms with Crippen LogP contribution in [0.3, 0.4) is 0 Å². The molecule has 0 aliphatic heterocycles. The van der Waals surface area contributed by atoms with E-state index in [1.165, 1.54) is 17.6 Å². The zero-order valence-corrected chi connectivity index (χ0v) is 16.5. The molecule has 1 aromatic carbocycles. The summed E-state index contributed by atoms with van der Waals surface area (Å²) in [5, 5.41) is 1.28. The maximum Gasteiger partial charge on any atom is 0.295 e. The van der Waals surface area contributed by atoms with E-state index in [2.05, 4.69) is 9.97 Å². The van der Waals surface area contributed by atoms with Gasteiger partial charge in [-0.3, -0.25) is 9.69 Å². The average Bonchev–Trinajstić information content (AvgIpc) is 3.38. The Balaban J connectivity index is 0.00000210. The van der Waals surface area contributed by atoms with Crippen LogP contribution in [0.5, 0.6) is 0 Å². The van der Waals surface area contributed by atoms with Gasteiger partial charge in [-0.15, -0.1) is 12.4 Å². The number of hydrogen-bond acceptors (Lipinski definition) is 5. The Morgan fingerprint density at radius 1 is 1.33 bits per heavy atom. The van der Waals surface area contributed by atoms with Crippen LogP contribution >= 0.6 is 35.3 Å². The number of rotatable bonds is 6. The molecule has 0 aliphatic rings. The van der Waals surface area contributed by atoms with Gasteiger partial charge in [0.1, 0.15) is 0 Å². The number of carbonyl (C=O) groups excluding carboxylic acids is 1. The number of carbonyl (C=O) groups is 1. The monoisotopic (exact) mass is 422 g/mol. The number of aryl methyl sites for hydroxylation is 1. The third kappa shape index (κ3) is 4.32. The van der Waals surface area contributed by atoms with Gasteiger partial charge in [-0.1, -0.05) is 22.9 Å². The number of imidazole rings is 1. The number of fused-ring (bicyclic) bond motifs is 1. The lowest BCUT2D eigenvalue weighted by Gasteiger charge is -2.18. The van der Waals surface area contributed by atoms with Gasteiger partial charge in [-0.2, -0.15) is 0 Å². The van der Waals surface area contributed by atoms with Crippen molar-refractivity contribution in [2.24, 2.45) is 0 Å². The summed E-state index contributed by atoms with van der Waals surface area (Å²) in [4.78, 5) is 23.2. The number of benzene rings is 1. The van der Waals surface area contributed by atoms with Crippen LogP contribution in [0.1, 0.15) is 17.0 Å². The summed E-state index contributed by atoms with van der Waals surface area (Å²) >= 11 is 7.51. The van der Waals surface area contributed by atoms with Crippen molar-refractivity contribution in [3.8, 4) is 0 Å². The second kappa shape index (κ2) is 8.56. The molecule has 3 aromatic heterocycles. The van der Waals surface area contributed by atoms with E-state index in [0.717, 1.165) is 23.2 Å². The topological polar surface area (TPSA) is 64.2 Å². The zero-order valence-electron chi connectivity index (χ0n) is 14.1. The van der Waals surface area contributed by atoms with Crippen molar-refractivity contribution in [2.75, 3.05) is 11.4 Å². The number of halogens is 2. The van der Waals surface area contributed by atoms with Gasteiger partial charge in [0.15, 0.2) is 10.9 Å². The molecule has 0 atom stereocenters. The molecule has 0 N–H and O–H groups in total. The lowest BCUT2D eigenvalue weighted by molar-refractivity contribution is 0.0959. The Kier molecular flexibility index (Phi) is 6.15. The minimum absolute atomic E-state index is 0. The fourth-order valence-electron chi connectivity index (χ4n) is 2.65. The summed E-state index contributed by atoms with van der Waals surface area (Å²) in [7, 11) is 0. The van der Waals surface area contributed by atoms with Gasteiger partial charge in [-0.25, -0.2) is 9.97 Å². The highest BCUT2D eigenvalue weighted by Gasteiger charge is 2.23. The molecule has 0 bridgehead atoms. The molecule has 4 rings (SSSR count). The van der Waals surface area contributed by atoms with Crippen molar-refractivity contribution in [1.82, 2.24) is 14.5 Å². The normalized spacial score (nSPS) is 10.7. The molecule has 0 fully saturated rings. The Labute approximate surface area is 170 Å². The van der Waals surface area contributed by atoms with E-state index >= 15 is 0 Å². The Morgan fingerprint density at radius 3 is 2.96 bits per heavy atom. The number of hydrogen-bond donors (Lipinski definition) is 0. The molecule has 0 unspecified atom stereocenters. The van der Waals surface area contributed by atoms with Crippen LogP contribution < -0.4 is 4.90 Å². The second-order valence-electron chi connectivity index (χ2n) is 5.70. The maximum atomic E-state index is 12.9. The molecule has 0 aliphatic carbocycles. The van der Waals surface area contributed by atoms with Crippen molar-refractivity contribution in [2.45, 2.75) is 13.0 Å². The predicted octanol–water partition coefficient (Wildman–Crippen LogP) is 4.90. The molecule has 0 spiro atoms. The van der Waals surface area contributed by atoms with Crippen molar-refractivity contribution in [1.29, 1.82) is 0 Å². The number of anilines is 1. The smallest absolute Gasteiger partial charge is 0.295 e. The van der Waals surface area contributed by atoms with Gasteiger partial charge in [0.2, 0.25) is 0 Å². The van der Waals surface area contributed by atoms with E-state index in [-0.39, 0.29) is 18.3 Å². The first kappa shape index (κ1) is 19.4. The summed E-state index contributed by atoms with van der Waals surface area (Å²) < 4.78 is 8.22. The fraction of sp³-hybridized carbons (Fsp3) is 0.167. The van der Waals surface area contributed by atoms with E-state index < -0.39 is 0 Å². The maximum absolute atomic E-state index is 12.9. The quantitative estimate of drug-likeness (QED) is 0.443. The van der Waals surface area contributed by atoms with Crippen molar-refractivity contribution in [3.05, 3.63) is 66.1 Å². The molecule has 140 valence electrons. The number of thiazole rings is 1. The Morgan fingerprint density at radius 2 is 2.22 bits per heavy atom. The molecule has 0 radical (unpaired) electrons. The van der Waals surface area contributed by atoms with Gasteiger partial charge >= 0.3 is 0 Å². The minimum Gasteiger partial charge on any atom is -0.459 e. The molecule has 0 saturated carbocycles. The molecule has 9 heteroatoms. The van der Waals surface area contributed by atoms with E-state index in [1.54, 1.807) is 35.6 Å². The molecular weight excluding hydrogens is 407 g/mol. The first-order chi connectivity index (χ1) is 12.7. The molecule has 3 heterocycles. The molecule has 4 aromatic rings. The summed E-state index contributed by atoms with van der Waals surface area (Å²) in [6.07, 6.45) is 7.66. The van der Waals surface area contributed by atoms with Crippen LogP contribution in [0.4, 0.5) is 5.13 Å². The third-order valence-electron chi connectivity index (χ3n) is 3.90. The molecule has 1 amide bonds. The lowest BCUT2D eigenvalue weighted by Crippen LogP contribution is -2.32. The van der Waals surface area contributed by atoms with Gasteiger partial charge in [0.25, 0.3) is 5.91 Å². The van der Waals surface area contributed by atoms with E-state index in [1.807, 2.05) is 22.9 Å². The van der Waals surface area contributed by atoms with E-state index in [4.69, 9.17) is 16.0 Å². The van der Waals surface area contributed by atoms with Crippen LogP contribution in [0.15, 0.2) is 59.7 Å². The summed E-state index contributed by atoms with van der Waals surface area (Å²) in [6, 6.07) is 8.88. The van der Waals surface area contributed by atoms with E-state index in [9.17, 15) is 4.79 Å². The van der Waals surface area contributed by atoms with Crippen LogP contribution in [0, 0.1) is 0 Å². The Hall–Kier alpha value is -2.35. The Bertz CT molecular complexity index is 1020. The molecular formula is C18H16Cl2N4O2S. The number of nitrogens with zero attached hydrogens (tertiary/aromatic N) is 4. The molecule has 27 heavy (non-hydrogen) atoms. The van der Waals surface area contributed by atoms with Crippen molar-refractivity contribution < 1.29 is 9.21 Å². The predicted molar refractivity (Wildman–Crippen MR) is 109 cm³/mol. The van der Waals surface area contributed by atoms with Gasteiger partial charge in [0, 0.05) is 30.5 Å². The molecule has 6 nitrogen and oxygen atoms in total. The first-order valence-corrected chi connectivity index (χ1v) is 9.27. The largest absolute Gasteiger partial charge is 0.459 e. The fourth-order valence-corrected chi connectivity index (χ4v) is 3.92. The zero-order chi connectivity index (χ0) is 17.9. The minimum atomic E-state index is -0.203. The van der Waals surface area contributed by atoms with Gasteiger partial charge in [0.05, 0.1) is 22.8 Å². The van der Waals surface area contributed by atoms with Crippen LogP contribution in [-0.2, 0) is 6.54 Å². The van der Waals surface area contributed by atoms with Gasteiger partial charge in [-0.05, 0) is 36.8 Å². The highest BCUT2D eigenvalue weighted by Crippen LogP contribution is 2.31. The van der Waals surface area contributed by atoms with Crippen LogP contribution in [0.2, 0.25) is 5.02 Å². The standard InChI is InChI=1S/C18H15ClN4O2S.ClH/c19-13-4-5-14-16(11-13)26-18(21-14)23(17(24)15-3-1-10-25-15)8-2-7-22-9-6-20-12-22;/h1,3-6,9-12H,2,7-8H2;1H. The summed E-state index contributed by atoms with van der Waals surface area (Å²) in [5.74, 6) is 0.0932. The summed E-state index contributed by atoms with van der Waals surface area (Å²) in [6.45, 7) is 1.28. The number of furan rings is 1. The highest BCUT2D eigenvalue weighted by molar-refractivity contribution is 7.22. The average molecular weight is 423 g/mol. The van der Waals surface area contributed by atoms with Crippen LogP contribution in [0.25, 0.3) is 10.2 Å². The third-order valence-corrected chi connectivity index (χ3v) is 5.18. The highest BCUT2D eigenvalue weighted by atomic mass is 35.5. The van der Waals surface area contributed by atoms with E-state index in [0.29, 0.717) is 22.5 Å². The lowest BCUT2D eigenvalue weighted by atomic mass is 10.3. The van der Waals surface area contributed by atoms with Gasteiger partial charge < -0.3 is 8.98 Å². The number of aromatic nitrogens is 3. The molecule has 0 saturated heterocycles. The van der Waals surface area contributed by atoms with Crippen molar-refractivity contribution in [3.63, 3.8) is 0 Å². The first-order valence-electron chi connectivity index (χ1n) is 8.08. The number of amides is 1.